The second-order valence-electron chi connectivity index (χ2n) is 8.62. The van der Waals surface area contributed by atoms with Gasteiger partial charge in [-0.1, -0.05) is 42.5 Å². The molecule has 1 aromatic heterocycles. The van der Waals surface area contributed by atoms with Crippen LogP contribution < -0.4 is 9.64 Å². The van der Waals surface area contributed by atoms with Crippen LogP contribution in [-0.4, -0.2) is 23.8 Å². The maximum atomic E-state index is 13.6. The van der Waals surface area contributed by atoms with E-state index in [4.69, 9.17) is 4.74 Å². The Morgan fingerprint density at radius 3 is 2.61 bits per heavy atom. The smallest absolute Gasteiger partial charge is 0.258 e. The van der Waals surface area contributed by atoms with Crippen molar-refractivity contribution in [3.05, 3.63) is 100 Å². The molecule has 5 heteroatoms. The molecule has 1 aliphatic carbocycles. The van der Waals surface area contributed by atoms with Gasteiger partial charge in [-0.25, -0.2) is 4.98 Å². The molecule has 1 aliphatic heterocycles. The van der Waals surface area contributed by atoms with E-state index >= 15 is 0 Å². The van der Waals surface area contributed by atoms with E-state index in [0.29, 0.717) is 36.4 Å². The van der Waals surface area contributed by atoms with Crippen LogP contribution in [0.4, 0.5) is 5.69 Å². The van der Waals surface area contributed by atoms with Crippen molar-refractivity contribution in [2.24, 2.45) is 0 Å². The summed E-state index contributed by atoms with van der Waals surface area (Å²) in [6, 6.07) is 20.0. The zero-order chi connectivity index (χ0) is 22.5. The first-order valence-electron chi connectivity index (χ1n) is 11.1. The number of aryl methyl sites for hydroxylation is 1. The first kappa shape index (κ1) is 19.7. The van der Waals surface area contributed by atoms with E-state index in [0.717, 1.165) is 45.1 Å². The third-order valence-electron chi connectivity index (χ3n) is 6.75. The molecule has 0 bridgehead atoms. The molecule has 0 atom stereocenters. The van der Waals surface area contributed by atoms with Gasteiger partial charge in [-0.15, -0.1) is 0 Å². The van der Waals surface area contributed by atoms with Gasteiger partial charge in [0, 0.05) is 29.8 Å². The van der Waals surface area contributed by atoms with Crippen LogP contribution >= 0.6 is 0 Å². The largest absolute Gasteiger partial charge is 0.481 e. The average molecular weight is 434 g/mol. The normalized spacial score (nSPS) is 14.6. The summed E-state index contributed by atoms with van der Waals surface area (Å²) < 4.78 is 5.17. The summed E-state index contributed by atoms with van der Waals surface area (Å²) in [5, 5.41) is 2.22. The number of Topliss-reactive ketones (excluding diaryl/α,β-unsaturated/α-hetero) is 1. The van der Waals surface area contributed by atoms with Crippen molar-refractivity contribution in [3.8, 4) is 5.88 Å². The fourth-order valence-electron chi connectivity index (χ4n) is 5.16. The summed E-state index contributed by atoms with van der Waals surface area (Å²) in [5.74, 6) is 0.660. The lowest BCUT2D eigenvalue weighted by Crippen LogP contribution is -2.24. The van der Waals surface area contributed by atoms with Crippen molar-refractivity contribution in [1.82, 2.24) is 4.98 Å². The Balaban J connectivity index is 1.45. The number of rotatable bonds is 4. The second-order valence-corrected chi connectivity index (χ2v) is 8.62. The number of fused-ring (bicyclic) bond motifs is 4. The van der Waals surface area contributed by atoms with Gasteiger partial charge in [0.25, 0.3) is 5.91 Å². The molecular formula is C28H22N2O3. The van der Waals surface area contributed by atoms with Crippen LogP contribution in [0.2, 0.25) is 0 Å². The molecule has 2 aliphatic rings. The number of aromatic nitrogens is 1. The van der Waals surface area contributed by atoms with Crippen LogP contribution in [0, 0.1) is 0 Å². The highest BCUT2D eigenvalue weighted by Gasteiger charge is 2.34. The fourth-order valence-corrected chi connectivity index (χ4v) is 5.16. The van der Waals surface area contributed by atoms with Gasteiger partial charge in [-0.05, 0) is 58.0 Å². The van der Waals surface area contributed by atoms with Crippen LogP contribution in [0.1, 0.15) is 49.4 Å². The zero-order valence-corrected chi connectivity index (χ0v) is 18.3. The van der Waals surface area contributed by atoms with E-state index in [2.05, 4.69) is 17.1 Å². The van der Waals surface area contributed by atoms with Crippen LogP contribution in [-0.2, 0) is 19.4 Å². The number of ketones is 1. The summed E-state index contributed by atoms with van der Waals surface area (Å²) >= 11 is 0. The van der Waals surface area contributed by atoms with E-state index in [1.54, 1.807) is 12.0 Å². The highest BCUT2D eigenvalue weighted by molar-refractivity contribution is 6.17. The summed E-state index contributed by atoms with van der Waals surface area (Å²) in [7, 11) is 1.60. The Kier molecular flexibility index (Phi) is 4.50. The van der Waals surface area contributed by atoms with Gasteiger partial charge in [0.2, 0.25) is 5.88 Å². The van der Waals surface area contributed by atoms with Crippen LogP contribution in [0.3, 0.4) is 0 Å². The number of pyridine rings is 1. The molecule has 0 unspecified atom stereocenters. The number of methoxy groups -OCH3 is 1. The molecule has 6 rings (SSSR count). The molecule has 1 amide bonds. The molecule has 0 fully saturated rings. The van der Waals surface area contributed by atoms with Gasteiger partial charge in [0.1, 0.15) is 0 Å². The molecule has 0 N–H and O–H groups in total. The van der Waals surface area contributed by atoms with Gasteiger partial charge in [0.05, 0.1) is 19.3 Å². The highest BCUT2D eigenvalue weighted by atomic mass is 16.5. The quantitative estimate of drug-likeness (QED) is 0.447. The molecule has 0 spiro atoms. The minimum atomic E-state index is -0.0436. The lowest BCUT2D eigenvalue weighted by Gasteiger charge is -2.19. The maximum absolute atomic E-state index is 13.6. The van der Waals surface area contributed by atoms with Gasteiger partial charge >= 0.3 is 0 Å². The number of anilines is 1. The predicted molar refractivity (Wildman–Crippen MR) is 127 cm³/mol. The minimum absolute atomic E-state index is 0.0436. The van der Waals surface area contributed by atoms with Crippen molar-refractivity contribution < 1.29 is 14.3 Å². The molecule has 33 heavy (non-hydrogen) atoms. The SMILES string of the molecule is COc1ccc(Cc2cc3c(c4ccccc24)CN(c2cccc4c2C(=O)CC4)C3=O)cn1. The predicted octanol–water partition coefficient (Wildman–Crippen LogP) is 5.12. The van der Waals surface area contributed by atoms with Crippen LogP contribution in [0.15, 0.2) is 66.9 Å². The lowest BCUT2D eigenvalue weighted by atomic mass is 9.93. The summed E-state index contributed by atoms with van der Waals surface area (Å²) in [6.07, 6.45) is 3.75. The summed E-state index contributed by atoms with van der Waals surface area (Å²) in [4.78, 5) is 32.3. The maximum Gasteiger partial charge on any atom is 0.258 e. The zero-order valence-electron chi connectivity index (χ0n) is 18.3. The summed E-state index contributed by atoms with van der Waals surface area (Å²) in [5.41, 5.74) is 6.37. The molecule has 3 aromatic carbocycles. The van der Waals surface area contributed by atoms with Crippen molar-refractivity contribution in [2.75, 3.05) is 12.0 Å². The standard InChI is InChI=1S/C28H22N2O3/c1-33-26-12-9-17(15-29-26)13-19-14-22-23(21-7-3-2-6-20(19)21)16-30(28(22)32)24-8-4-5-18-10-11-25(31)27(18)24/h2-9,12,14-15H,10-11,13,16H2,1H3. The van der Waals surface area contributed by atoms with Crippen molar-refractivity contribution in [2.45, 2.75) is 25.8 Å². The Morgan fingerprint density at radius 1 is 0.970 bits per heavy atom. The van der Waals surface area contributed by atoms with Crippen LogP contribution in [0.5, 0.6) is 5.88 Å². The Bertz CT molecular complexity index is 1440. The number of hydrogen-bond donors (Lipinski definition) is 0. The molecular weight excluding hydrogens is 412 g/mol. The first-order chi connectivity index (χ1) is 16.1. The molecule has 2 heterocycles. The molecule has 5 nitrogen and oxygen atoms in total. The fraction of sp³-hybridized carbons (Fsp3) is 0.179. The second kappa shape index (κ2) is 7.55. The average Bonchev–Trinajstić information content (AvgIpc) is 3.40. The van der Waals surface area contributed by atoms with E-state index in [1.165, 1.54) is 0 Å². The molecule has 4 aromatic rings. The van der Waals surface area contributed by atoms with Crippen molar-refractivity contribution in [3.63, 3.8) is 0 Å². The number of ether oxygens (including phenoxy) is 1. The minimum Gasteiger partial charge on any atom is -0.481 e. The van der Waals surface area contributed by atoms with Crippen LogP contribution in [0.25, 0.3) is 10.8 Å². The number of amides is 1. The first-order valence-corrected chi connectivity index (χ1v) is 11.1. The molecule has 162 valence electrons. The topological polar surface area (TPSA) is 59.5 Å². The number of hydrogen-bond acceptors (Lipinski definition) is 4. The summed E-state index contributed by atoms with van der Waals surface area (Å²) in [6.45, 7) is 0.475. The molecule has 0 radical (unpaired) electrons. The van der Waals surface area contributed by atoms with Gasteiger partial charge in [0.15, 0.2) is 5.78 Å². The Morgan fingerprint density at radius 2 is 1.82 bits per heavy atom. The number of benzene rings is 3. The van der Waals surface area contributed by atoms with E-state index in [-0.39, 0.29) is 11.7 Å². The number of carbonyl (C=O) groups excluding carboxylic acids is 2. The highest BCUT2D eigenvalue weighted by Crippen LogP contribution is 2.39. The van der Waals surface area contributed by atoms with Gasteiger partial charge in [-0.3, -0.25) is 9.59 Å². The Hall–Kier alpha value is -3.99. The van der Waals surface area contributed by atoms with Crippen molar-refractivity contribution >= 4 is 28.2 Å². The van der Waals surface area contributed by atoms with E-state index in [9.17, 15) is 9.59 Å². The lowest BCUT2D eigenvalue weighted by molar-refractivity contribution is 0.0994. The van der Waals surface area contributed by atoms with E-state index in [1.807, 2.05) is 54.7 Å². The number of nitrogens with zero attached hydrogens (tertiary/aromatic N) is 2. The Labute approximate surface area is 191 Å². The molecule has 0 saturated carbocycles. The van der Waals surface area contributed by atoms with E-state index < -0.39 is 0 Å². The third kappa shape index (κ3) is 3.11. The monoisotopic (exact) mass is 434 g/mol. The van der Waals surface area contributed by atoms with Gasteiger partial charge < -0.3 is 9.64 Å². The number of carbonyl (C=O) groups is 2. The van der Waals surface area contributed by atoms with Gasteiger partial charge in [-0.2, -0.15) is 0 Å². The third-order valence-corrected chi connectivity index (χ3v) is 6.75. The van der Waals surface area contributed by atoms with Crippen molar-refractivity contribution in [1.29, 1.82) is 0 Å². The molecule has 0 saturated heterocycles.